The van der Waals surface area contributed by atoms with Gasteiger partial charge in [-0.2, -0.15) is 4.31 Å². The SMILES string of the molecule is O=C(C[C@H]1CC[C@H]2[C@@H](COC[C@@H](O)CN2S(=O)(=O)c2ccc(Cl)cc2)O1)NCCN1CCCC1. The van der Waals surface area contributed by atoms with Gasteiger partial charge in [0.15, 0.2) is 0 Å². The number of carbonyl (C=O) groups is 1. The second-order valence-corrected chi connectivity index (χ2v) is 11.6. The highest BCUT2D eigenvalue weighted by molar-refractivity contribution is 7.89. The molecule has 9 nitrogen and oxygen atoms in total. The maximum absolute atomic E-state index is 13.5. The molecule has 3 aliphatic rings. The molecular formula is C23H34ClN3O6S. The Labute approximate surface area is 206 Å². The molecule has 11 heteroatoms. The van der Waals surface area contributed by atoms with Gasteiger partial charge in [0, 0.05) is 24.7 Å². The van der Waals surface area contributed by atoms with Crippen molar-refractivity contribution in [3.8, 4) is 0 Å². The van der Waals surface area contributed by atoms with Gasteiger partial charge in [-0.3, -0.25) is 4.79 Å². The van der Waals surface area contributed by atoms with Crippen LogP contribution in [-0.4, -0.2) is 98.9 Å². The molecule has 0 aliphatic carbocycles. The third-order valence-corrected chi connectivity index (χ3v) is 8.87. The van der Waals surface area contributed by atoms with E-state index in [1.807, 2.05) is 0 Å². The van der Waals surface area contributed by atoms with Crippen molar-refractivity contribution in [2.24, 2.45) is 0 Å². The Morgan fingerprint density at radius 1 is 1.15 bits per heavy atom. The van der Waals surface area contributed by atoms with Crippen molar-refractivity contribution < 1.29 is 27.8 Å². The molecular weight excluding hydrogens is 482 g/mol. The highest BCUT2D eigenvalue weighted by atomic mass is 35.5. The second kappa shape index (κ2) is 11.6. The van der Waals surface area contributed by atoms with E-state index in [1.165, 1.54) is 41.4 Å². The summed E-state index contributed by atoms with van der Waals surface area (Å²) in [6, 6.07) is 5.50. The van der Waals surface area contributed by atoms with Gasteiger partial charge < -0.3 is 24.8 Å². The zero-order valence-electron chi connectivity index (χ0n) is 19.3. The number of carbonyl (C=O) groups excluding carboxylic acids is 1. The molecule has 190 valence electrons. The summed E-state index contributed by atoms with van der Waals surface area (Å²) in [5, 5.41) is 13.7. The molecule has 1 aromatic carbocycles. The van der Waals surface area contributed by atoms with Crippen LogP contribution < -0.4 is 5.32 Å². The van der Waals surface area contributed by atoms with Gasteiger partial charge in [-0.05, 0) is 63.0 Å². The Hall–Kier alpha value is -1.27. The van der Waals surface area contributed by atoms with Gasteiger partial charge in [0.05, 0.1) is 48.9 Å². The van der Waals surface area contributed by atoms with Gasteiger partial charge in [-0.15, -0.1) is 0 Å². The lowest BCUT2D eigenvalue weighted by molar-refractivity contribution is -0.146. The molecule has 3 aliphatic heterocycles. The first-order valence-corrected chi connectivity index (χ1v) is 13.8. The highest BCUT2D eigenvalue weighted by Crippen LogP contribution is 2.31. The summed E-state index contributed by atoms with van der Waals surface area (Å²) >= 11 is 5.93. The molecule has 2 N–H and O–H groups in total. The molecule has 0 bridgehead atoms. The molecule has 3 saturated heterocycles. The number of benzene rings is 1. The van der Waals surface area contributed by atoms with E-state index in [1.54, 1.807) is 0 Å². The van der Waals surface area contributed by atoms with E-state index in [2.05, 4.69) is 10.2 Å². The van der Waals surface area contributed by atoms with E-state index in [-0.39, 0.29) is 43.1 Å². The first kappa shape index (κ1) is 25.8. The smallest absolute Gasteiger partial charge is 0.243 e. The van der Waals surface area contributed by atoms with E-state index in [4.69, 9.17) is 21.1 Å². The Bertz CT molecular complexity index is 925. The number of nitrogens with zero attached hydrogens (tertiary/aromatic N) is 2. The van der Waals surface area contributed by atoms with E-state index < -0.39 is 28.3 Å². The van der Waals surface area contributed by atoms with E-state index in [0.29, 0.717) is 24.4 Å². The van der Waals surface area contributed by atoms with Gasteiger partial charge in [-0.25, -0.2) is 8.42 Å². The Morgan fingerprint density at radius 3 is 2.62 bits per heavy atom. The lowest BCUT2D eigenvalue weighted by Gasteiger charge is -2.43. The van der Waals surface area contributed by atoms with Crippen LogP contribution in [0.1, 0.15) is 32.1 Å². The first-order chi connectivity index (χ1) is 16.3. The zero-order valence-corrected chi connectivity index (χ0v) is 20.8. The number of aliphatic hydroxyl groups is 1. The number of nitrogens with one attached hydrogen (secondary N) is 1. The van der Waals surface area contributed by atoms with Crippen molar-refractivity contribution in [3.63, 3.8) is 0 Å². The third kappa shape index (κ3) is 6.48. The number of rotatable bonds is 7. The van der Waals surface area contributed by atoms with Crippen LogP contribution in [0, 0.1) is 0 Å². The predicted molar refractivity (Wildman–Crippen MR) is 127 cm³/mol. The molecule has 3 heterocycles. The summed E-state index contributed by atoms with van der Waals surface area (Å²) < 4.78 is 40.0. The van der Waals surface area contributed by atoms with Gasteiger partial charge in [-0.1, -0.05) is 11.6 Å². The average molecular weight is 516 g/mol. The molecule has 0 spiro atoms. The second-order valence-electron chi connectivity index (χ2n) is 9.26. The van der Waals surface area contributed by atoms with Crippen LogP contribution in [0.5, 0.6) is 0 Å². The maximum atomic E-state index is 13.5. The number of β-amino-alcohol motifs (C(OH)–C–C–N with tert-alkyl or cyclic N) is 1. The van der Waals surface area contributed by atoms with Gasteiger partial charge in [0.1, 0.15) is 0 Å². The van der Waals surface area contributed by atoms with Crippen molar-refractivity contribution in [1.82, 2.24) is 14.5 Å². The van der Waals surface area contributed by atoms with Crippen LogP contribution in [0.25, 0.3) is 0 Å². The van der Waals surface area contributed by atoms with Crippen LogP contribution in [0.4, 0.5) is 0 Å². The lowest BCUT2D eigenvalue weighted by Crippen LogP contribution is -2.57. The summed E-state index contributed by atoms with van der Waals surface area (Å²) in [6.07, 6.45) is 1.96. The number of hydrogen-bond donors (Lipinski definition) is 2. The van der Waals surface area contributed by atoms with E-state index in [0.717, 1.165) is 19.6 Å². The minimum absolute atomic E-state index is 0.0148. The normalized spacial score (nSPS) is 29.2. The average Bonchev–Trinajstić information content (AvgIpc) is 3.30. The predicted octanol–water partition coefficient (Wildman–Crippen LogP) is 1.24. The van der Waals surface area contributed by atoms with Crippen molar-refractivity contribution in [2.45, 2.75) is 61.4 Å². The largest absolute Gasteiger partial charge is 0.389 e. The molecule has 4 atom stereocenters. The van der Waals surface area contributed by atoms with Gasteiger partial charge in [0.25, 0.3) is 0 Å². The third-order valence-electron chi connectivity index (χ3n) is 6.72. The number of fused-ring (bicyclic) bond motifs is 1. The topological polar surface area (TPSA) is 108 Å². The number of halogens is 1. The first-order valence-electron chi connectivity index (χ1n) is 12.0. The maximum Gasteiger partial charge on any atom is 0.243 e. The fourth-order valence-corrected chi connectivity index (χ4v) is 6.79. The Kier molecular flexibility index (Phi) is 8.84. The molecule has 1 amide bonds. The lowest BCUT2D eigenvalue weighted by atomic mass is 9.96. The summed E-state index contributed by atoms with van der Waals surface area (Å²) in [5.41, 5.74) is 0. The number of aliphatic hydroxyl groups excluding tert-OH is 1. The van der Waals surface area contributed by atoms with Crippen LogP contribution in [0.3, 0.4) is 0 Å². The number of amides is 1. The van der Waals surface area contributed by atoms with Crippen molar-refractivity contribution >= 4 is 27.5 Å². The molecule has 34 heavy (non-hydrogen) atoms. The molecule has 1 aromatic rings. The summed E-state index contributed by atoms with van der Waals surface area (Å²) in [7, 11) is -3.89. The molecule has 0 aromatic heterocycles. The number of sulfonamides is 1. The number of hydrogen-bond acceptors (Lipinski definition) is 7. The number of ether oxygens (including phenoxy) is 2. The Morgan fingerprint density at radius 2 is 1.88 bits per heavy atom. The summed E-state index contributed by atoms with van der Waals surface area (Å²) in [4.78, 5) is 14.9. The quantitative estimate of drug-likeness (QED) is 0.562. The summed E-state index contributed by atoms with van der Waals surface area (Å²) in [6.45, 7) is 3.74. The van der Waals surface area contributed by atoms with E-state index >= 15 is 0 Å². The fraction of sp³-hybridized carbons (Fsp3) is 0.696. The van der Waals surface area contributed by atoms with E-state index in [9.17, 15) is 18.3 Å². The van der Waals surface area contributed by atoms with Crippen molar-refractivity contribution in [1.29, 1.82) is 0 Å². The minimum atomic E-state index is -3.89. The van der Waals surface area contributed by atoms with Gasteiger partial charge in [0.2, 0.25) is 15.9 Å². The molecule has 0 unspecified atom stereocenters. The van der Waals surface area contributed by atoms with Crippen LogP contribution in [-0.2, 0) is 24.3 Å². The number of likely N-dealkylation sites (tertiary alicyclic amines) is 1. The zero-order chi connectivity index (χ0) is 24.1. The standard InChI is InChI=1S/C23H34ClN3O6S/c24-17-3-6-20(7-4-17)34(30,31)27-14-18(28)15-32-16-22-21(27)8-5-19(33-22)13-23(29)25-9-12-26-10-1-2-11-26/h3-4,6-7,18-19,21-22,28H,1-2,5,8-16H2,(H,25,29)/t18-,19+,21-,22+/m0/s1. The van der Waals surface area contributed by atoms with Crippen LogP contribution >= 0.6 is 11.6 Å². The van der Waals surface area contributed by atoms with Crippen LogP contribution in [0.2, 0.25) is 5.02 Å². The molecule has 0 saturated carbocycles. The van der Waals surface area contributed by atoms with Crippen molar-refractivity contribution in [2.75, 3.05) is 45.9 Å². The molecule has 0 radical (unpaired) electrons. The van der Waals surface area contributed by atoms with Gasteiger partial charge >= 0.3 is 0 Å². The molecule has 3 fully saturated rings. The Balaban J connectivity index is 1.38. The summed E-state index contributed by atoms with van der Waals surface area (Å²) in [5.74, 6) is -0.0597. The van der Waals surface area contributed by atoms with Crippen LogP contribution in [0.15, 0.2) is 29.2 Å². The monoisotopic (exact) mass is 515 g/mol. The highest BCUT2D eigenvalue weighted by Gasteiger charge is 2.43. The fourth-order valence-electron chi connectivity index (χ4n) is 4.95. The minimum Gasteiger partial charge on any atom is -0.389 e. The molecule has 4 rings (SSSR count). The van der Waals surface area contributed by atoms with Crippen molar-refractivity contribution in [3.05, 3.63) is 29.3 Å².